The summed E-state index contributed by atoms with van der Waals surface area (Å²) in [6.07, 6.45) is 2.30. The van der Waals surface area contributed by atoms with Crippen LogP contribution in [0.2, 0.25) is 13.1 Å². The molecule has 1 rings (SSSR count). The molecule has 1 fully saturated rings. The SMILES string of the molecule is C[B]CCOC(=O)[C@H]1CCC[C@@H](OC)[C@@H]1NC(=O)OC(C)(C)C. The number of amides is 1. The lowest BCUT2D eigenvalue weighted by molar-refractivity contribution is -0.152. The Morgan fingerprint density at radius 1 is 1.26 bits per heavy atom. The molecule has 131 valence electrons. The Morgan fingerprint density at radius 3 is 2.52 bits per heavy atom. The lowest BCUT2D eigenvalue weighted by Crippen LogP contribution is -2.54. The first kappa shape index (κ1) is 19.8. The van der Waals surface area contributed by atoms with E-state index in [9.17, 15) is 9.59 Å². The van der Waals surface area contributed by atoms with Crippen LogP contribution in [-0.4, -0.2) is 50.8 Å². The normalized spacial score (nSPS) is 24.7. The highest BCUT2D eigenvalue weighted by molar-refractivity contribution is 6.33. The molecule has 0 aromatic carbocycles. The van der Waals surface area contributed by atoms with E-state index in [1.54, 1.807) is 27.9 Å². The van der Waals surface area contributed by atoms with Crippen molar-refractivity contribution in [1.82, 2.24) is 5.32 Å². The minimum atomic E-state index is -0.589. The van der Waals surface area contributed by atoms with Gasteiger partial charge in [0.15, 0.2) is 0 Å². The summed E-state index contributed by atoms with van der Waals surface area (Å²) < 4.78 is 16.1. The van der Waals surface area contributed by atoms with Crippen LogP contribution in [0, 0.1) is 5.92 Å². The number of methoxy groups -OCH3 is 1. The zero-order valence-electron chi connectivity index (χ0n) is 14.9. The maximum atomic E-state index is 12.3. The second-order valence-electron chi connectivity index (χ2n) is 6.85. The summed E-state index contributed by atoms with van der Waals surface area (Å²) in [6.45, 7) is 7.68. The molecule has 0 aliphatic heterocycles. The summed E-state index contributed by atoms with van der Waals surface area (Å²) in [7, 11) is 3.54. The summed E-state index contributed by atoms with van der Waals surface area (Å²) >= 11 is 0. The first-order valence-electron chi connectivity index (χ1n) is 8.25. The van der Waals surface area contributed by atoms with Gasteiger partial charge in [0, 0.05) is 7.11 Å². The zero-order valence-corrected chi connectivity index (χ0v) is 14.9. The maximum Gasteiger partial charge on any atom is 0.407 e. The largest absolute Gasteiger partial charge is 0.466 e. The highest BCUT2D eigenvalue weighted by atomic mass is 16.6. The number of alkyl carbamates (subject to hydrolysis) is 1. The lowest BCUT2D eigenvalue weighted by atomic mass is 9.78. The Bertz CT molecular complexity index is 396. The molecule has 7 heteroatoms. The molecule has 1 aliphatic carbocycles. The van der Waals surface area contributed by atoms with Crippen LogP contribution in [0.4, 0.5) is 4.79 Å². The lowest BCUT2D eigenvalue weighted by Gasteiger charge is -2.36. The molecule has 0 bridgehead atoms. The first-order valence-corrected chi connectivity index (χ1v) is 8.25. The number of rotatable bonds is 6. The van der Waals surface area contributed by atoms with Crippen molar-refractivity contribution in [2.75, 3.05) is 13.7 Å². The van der Waals surface area contributed by atoms with Gasteiger partial charge in [-0.25, -0.2) is 4.79 Å². The topological polar surface area (TPSA) is 73.9 Å². The third kappa shape index (κ3) is 6.81. The van der Waals surface area contributed by atoms with E-state index < -0.39 is 23.7 Å². The summed E-state index contributed by atoms with van der Waals surface area (Å²) in [5, 5.41) is 2.80. The van der Waals surface area contributed by atoms with E-state index in [1.807, 2.05) is 14.1 Å². The summed E-state index contributed by atoms with van der Waals surface area (Å²) in [4.78, 5) is 24.4. The molecule has 0 aromatic heterocycles. The van der Waals surface area contributed by atoms with Gasteiger partial charge in [0.1, 0.15) is 12.9 Å². The molecule has 0 unspecified atom stereocenters. The molecule has 3 atom stereocenters. The van der Waals surface area contributed by atoms with Crippen LogP contribution in [0.25, 0.3) is 0 Å². The van der Waals surface area contributed by atoms with Gasteiger partial charge >= 0.3 is 12.1 Å². The summed E-state index contributed by atoms with van der Waals surface area (Å²) in [6, 6.07) is -0.429. The Morgan fingerprint density at radius 2 is 1.96 bits per heavy atom. The van der Waals surface area contributed by atoms with Gasteiger partial charge < -0.3 is 19.5 Å². The Labute approximate surface area is 139 Å². The van der Waals surface area contributed by atoms with Crippen molar-refractivity contribution in [3.8, 4) is 0 Å². The average Bonchev–Trinajstić information content (AvgIpc) is 2.45. The molecule has 23 heavy (non-hydrogen) atoms. The third-order valence-corrected chi connectivity index (χ3v) is 3.78. The van der Waals surface area contributed by atoms with E-state index in [0.717, 1.165) is 19.2 Å². The van der Waals surface area contributed by atoms with Gasteiger partial charge in [-0.15, -0.1) is 0 Å². The number of hydrogen-bond acceptors (Lipinski definition) is 5. The zero-order chi connectivity index (χ0) is 17.5. The van der Waals surface area contributed by atoms with E-state index in [4.69, 9.17) is 14.2 Å². The minimum absolute atomic E-state index is 0.216. The Kier molecular flexibility index (Phi) is 7.89. The molecule has 1 aliphatic rings. The van der Waals surface area contributed by atoms with E-state index in [-0.39, 0.29) is 12.1 Å². The maximum absolute atomic E-state index is 12.3. The predicted molar refractivity (Wildman–Crippen MR) is 88.7 cm³/mol. The van der Waals surface area contributed by atoms with Crippen molar-refractivity contribution in [3.05, 3.63) is 0 Å². The Hall–Kier alpha value is -1.24. The van der Waals surface area contributed by atoms with Crippen LogP contribution >= 0.6 is 0 Å². The average molecular weight is 326 g/mol. The van der Waals surface area contributed by atoms with Gasteiger partial charge in [0.05, 0.1) is 24.7 Å². The first-order chi connectivity index (χ1) is 10.8. The number of carbonyl (C=O) groups is 2. The van der Waals surface area contributed by atoms with Crippen molar-refractivity contribution in [2.24, 2.45) is 5.92 Å². The highest BCUT2D eigenvalue weighted by Crippen LogP contribution is 2.28. The second-order valence-corrected chi connectivity index (χ2v) is 6.85. The van der Waals surface area contributed by atoms with Gasteiger partial charge in [0.2, 0.25) is 0 Å². The molecule has 6 nitrogen and oxygen atoms in total. The molecule has 0 spiro atoms. The molecular weight excluding hydrogens is 297 g/mol. The Balaban J connectivity index is 2.72. The standard InChI is InChI=1S/C16H29BNO5/c1-16(2,3)23-15(20)18-13-11(7-6-8-12(13)21-5)14(19)22-10-9-17-4/h11-13H,6-10H2,1-5H3,(H,18,20)/t11-,12+,13+/m0/s1. The molecular formula is C16H29BNO5. The van der Waals surface area contributed by atoms with Gasteiger partial charge in [-0.05, 0) is 46.4 Å². The number of nitrogens with one attached hydrogen (secondary N) is 1. The van der Waals surface area contributed by atoms with Gasteiger partial charge in [-0.3, -0.25) is 4.79 Å². The van der Waals surface area contributed by atoms with Crippen LogP contribution in [0.1, 0.15) is 40.0 Å². The highest BCUT2D eigenvalue weighted by Gasteiger charge is 2.40. The van der Waals surface area contributed by atoms with Gasteiger partial charge in [-0.2, -0.15) is 0 Å². The molecule has 1 saturated carbocycles. The fourth-order valence-electron chi connectivity index (χ4n) is 2.71. The smallest absolute Gasteiger partial charge is 0.407 e. The number of carbonyl (C=O) groups excluding carboxylic acids is 2. The minimum Gasteiger partial charge on any atom is -0.466 e. The predicted octanol–water partition coefficient (Wildman–Crippen LogP) is 2.41. The number of ether oxygens (including phenoxy) is 3. The van der Waals surface area contributed by atoms with Crippen LogP contribution in [0.3, 0.4) is 0 Å². The molecule has 0 heterocycles. The molecule has 1 N–H and O–H groups in total. The monoisotopic (exact) mass is 326 g/mol. The van der Waals surface area contributed by atoms with E-state index in [2.05, 4.69) is 5.32 Å². The van der Waals surface area contributed by atoms with Crippen molar-refractivity contribution < 1.29 is 23.8 Å². The van der Waals surface area contributed by atoms with Gasteiger partial charge in [-0.1, -0.05) is 6.82 Å². The summed E-state index contributed by atoms with van der Waals surface area (Å²) in [5.41, 5.74) is -0.589. The van der Waals surface area contributed by atoms with Crippen molar-refractivity contribution >= 4 is 19.3 Å². The van der Waals surface area contributed by atoms with Crippen molar-refractivity contribution in [2.45, 2.75) is 70.9 Å². The van der Waals surface area contributed by atoms with Crippen LogP contribution in [-0.2, 0) is 19.0 Å². The van der Waals surface area contributed by atoms with Crippen LogP contribution in [0.5, 0.6) is 0 Å². The van der Waals surface area contributed by atoms with Crippen LogP contribution in [0.15, 0.2) is 0 Å². The van der Waals surface area contributed by atoms with Crippen molar-refractivity contribution in [3.63, 3.8) is 0 Å². The fraction of sp³-hybridized carbons (Fsp3) is 0.875. The van der Waals surface area contributed by atoms with Gasteiger partial charge in [0.25, 0.3) is 0 Å². The second kappa shape index (κ2) is 9.16. The number of hydrogen-bond donors (Lipinski definition) is 1. The third-order valence-electron chi connectivity index (χ3n) is 3.78. The summed E-state index contributed by atoms with van der Waals surface area (Å²) in [5.74, 6) is -0.687. The fourth-order valence-corrected chi connectivity index (χ4v) is 2.71. The van der Waals surface area contributed by atoms with E-state index in [1.165, 1.54) is 0 Å². The molecule has 1 radical (unpaired) electrons. The number of esters is 1. The molecule has 0 saturated heterocycles. The van der Waals surface area contributed by atoms with Crippen LogP contribution < -0.4 is 5.32 Å². The van der Waals surface area contributed by atoms with E-state index >= 15 is 0 Å². The quantitative estimate of drug-likeness (QED) is 0.461. The van der Waals surface area contributed by atoms with Crippen molar-refractivity contribution in [1.29, 1.82) is 0 Å². The molecule has 0 aromatic rings. The molecule has 1 amide bonds. The van der Waals surface area contributed by atoms with E-state index in [0.29, 0.717) is 13.0 Å².